The van der Waals surface area contributed by atoms with Crippen LogP contribution >= 0.6 is 0 Å². The Hall–Kier alpha value is -1.44. The van der Waals surface area contributed by atoms with Crippen molar-refractivity contribution in [3.8, 4) is 0 Å². The van der Waals surface area contributed by atoms with Crippen molar-refractivity contribution in [2.75, 3.05) is 0 Å². The second-order valence-electron chi connectivity index (χ2n) is 8.42. The fourth-order valence-electron chi connectivity index (χ4n) is 4.66. The summed E-state index contributed by atoms with van der Waals surface area (Å²) in [6, 6.07) is 4.17. The second-order valence-corrected chi connectivity index (χ2v) is 8.42. The molecule has 132 valence electrons. The molecule has 0 bridgehead atoms. The summed E-state index contributed by atoms with van der Waals surface area (Å²) in [5, 5.41) is 0. The summed E-state index contributed by atoms with van der Waals surface area (Å²) in [6.45, 7) is 12.8. The molecule has 1 atom stereocenters. The third-order valence-electron chi connectivity index (χ3n) is 5.26. The third-order valence-corrected chi connectivity index (χ3v) is 5.26. The van der Waals surface area contributed by atoms with E-state index in [2.05, 4.69) is 39.8 Å². The van der Waals surface area contributed by atoms with Gasteiger partial charge in [0.05, 0.1) is 0 Å². The highest BCUT2D eigenvalue weighted by Gasteiger charge is 2.38. The molecule has 0 aliphatic heterocycles. The maximum atomic E-state index is 12.8. The van der Waals surface area contributed by atoms with Crippen LogP contribution in [0, 0.1) is 38.5 Å². The average molecular weight is 328 g/mol. The summed E-state index contributed by atoms with van der Waals surface area (Å²) in [6.07, 6.45) is 3.28. The molecule has 0 spiro atoms. The predicted octanol–water partition coefficient (Wildman–Crippen LogP) is 5.32. The Bertz CT molecular complexity index is 586. The van der Waals surface area contributed by atoms with Crippen LogP contribution in [0.3, 0.4) is 0 Å². The molecule has 1 fully saturated rings. The van der Waals surface area contributed by atoms with E-state index in [-0.39, 0.29) is 17.5 Å². The largest absolute Gasteiger partial charge is 0.299 e. The van der Waals surface area contributed by atoms with Gasteiger partial charge < -0.3 is 0 Å². The number of Topliss-reactive ketones (excluding diaryl/α,β-unsaturated/α-hetero) is 2. The smallest absolute Gasteiger partial charge is 0.148 e. The van der Waals surface area contributed by atoms with E-state index in [0.717, 1.165) is 23.1 Å². The van der Waals surface area contributed by atoms with E-state index in [1.165, 1.54) is 12.0 Å². The number of carbonyl (C=O) groups is 2. The number of aryl methyl sites for hydroxylation is 3. The maximum Gasteiger partial charge on any atom is 0.148 e. The highest BCUT2D eigenvalue weighted by atomic mass is 16.2. The Balaban J connectivity index is 2.15. The molecule has 24 heavy (non-hydrogen) atoms. The van der Waals surface area contributed by atoms with Gasteiger partial charge in [0.1, 0.15) is 17.5 Å². The van der Waals surface area contributed by atoms with Crippen LogP contribution in [0.2, 0.25) is 0 Å². The lowest BCUT2D eigenvalue weighted by Crippen LogP contribution is -2.33. The highest BCUT2D eigenvalue weighted by Crippen LogP contribution is 2.37. The van der Waals surface area contributed by atoms with Crippen LogP contribution in [-0.4, -0.2) is 11.6 Å². The quantitative estimate of drug-likeness (QED) is 0.686. The van der Waals surface area contributed by atoms with Gasteiger partial charge in [-0.1, -0.05) is 38.5 Å². The monoisotopic (exact) mass is 328 g/mol. The van der Waals surface area contributed by atoms with Crippen molar-refractivity contribution < 1.29 is 9.59 Å². The normalized spacial score (nSPS) is 23.0. The van der Waals surface area contributed by atoms with Crippen LogP contribution < -0.4 is 0 Å². The standard InChI is InChI=1S/C22H32O2/c1-13(2)7-14(3)10-18-11-19(23)22(20(24)12-18)21-16(5)8-15(4)9-17(21)6/h8-9,13-14,18,22H,7,10-12H2,1-6H3. The first kappa shape index (κ1) is 18.9. The molecule has 2 heteroatoms. The van der Waals surface area contributed by atoms with Gasteiger partial charge in [0.25, 0.3) is 0 Å². The van der Waals surface area contributed by atoms with Crippen LogP contribution in [0.1, 0.15) is 74.6 Å². The first-order valence-electron chi connectivity index (χ1n) is 9.32. The lowest BCUT2D eigenvalue weighted by Gasteiger charge is -2.30. The minimum atomic E-state index is -0.526. The van der Waals surface area contributed by atoms with E-state index >= 15 is 0 Å². The van der Waals surface area contributed by atoms with Crippen LogP contribution in [0.5, 0.6) is 0 Å². The SMILES string of the molecule is Cc1cc(C)c(C2C(=O)CC(CC(C)CC(C)C)CC2=O)c(C)c1. The van der Waals surface area contributed by atoms with Crippen molar-refractivity contribution in [1.29, 1.82) is 0 Å². The number of carbonyl (C=O) groups excluding carboxylic acids is 2. The van der Waals surface area contributed by atoms with E-state index in [1.54, 1.807) is 0 Å². The maximum absolute atomic E-state index is 12.8. The molecular formula is C22H32O2. The van der Waals surface area contributed by atoms with Crippen molar-refractivity contribution in [2.24, 2.45) is 17.8 Å². The number of rotatable bonds is 5. The summed E-state index contributed by atoms with van der Waals surface area (Å²) in [5.41, 5.74) is 4.30. The fourth-order valence-corrected chi connectivity index (χ4v) is 4.66. The van der Waals surface area contributed by atoms with Gasteiger partial charge in [-0.2, -0.15) is 0 Å². The van der Waals surface area contributed by atoms with Crippen molar-refractivity contribution in [1.82, 2.24) is 0 Å². The minimum Gasteiger partial charge on any atom is -0.299 e. The minimum absolute atomic E-state index is 0.128. The molecule has 1 unspecified atom stereocenters. The van der Waals surface area contributed by atoms with E-state index in [1.807, 2.05) is 13.8 Å². The Labute approximate surface area is 147 Å². The molecule has 0 N–H and O–H groups in total. The topological polar surface area (TPSA) is 34.1 Å². The van der Waals surface area contributed by atoms with Crippen molar-refractivity contribution in [3.05, 3.63) is 34.4 Å². The molecule has 2 nitrogen and oxygen atoms in total. The molecule has 0 heterocycles. The first-order valence-corrected chi connectivity index (χ1v) is 9.32. The van der Waals surface area contributed by atoms with Crippen LogP contribution in [0.4, 0.5) is 0 Å². The van der Waals surface area contributed by atoms with Crippen molar-refractivity contribution in [2.45, 2.75) is 73.1 Å². The summed E-state index contributed by atoms with van der Waals surface area (Å²) >= 11 is 0. The predicted molar refractivity (Wildman–Crippen MR) is 99.4 cm³/mol. The van der Waals surface area contributed by atoms with Crippen molar-refractivity contribution >= 4 is 11.6 Å². The zero-order valence-corrected chi connectivity index (χ0v) is 16.1. The van der Waals surface area contributed by atoms with E-state index < -0.39 is 5.92 Å². The molecular weight excluding hydrogens is 296 g/mol. The Morgan fingerprint density at radius 2 is 1.46 bits per heavy atom. The van der Waals surface area contributed by atoms with E-state index in [9.17, 15) is 9.59 Å². The van der Waals surface area contributed by atoms with Gasteiger partial charge in [0, 0.05) is 12.8 Å². The van der Waals surface area contributed by atoms with Gasteiger partial charge in [-0.3, -0.25) is 9.59 Å². The number of hydrogen-bond donors (Lipinski definition) is 0. The molecule has 0 amide bonds. The van der Waals surface area contributed by atoms with E-state index in [0.29, 0.717) is 24.7 Å². The molecule has 0 aromatic heterocycles. The number of benzene rings is 1. The third kappa shape index (κ3) is 4.34. The second kappa shape index (κ2) is 7.63. The van der Waals surface area contributed by atoms with Gasteiger partial charge in [-0.15, -0.1) is 0 Å². The molecule has 1 aromatic carbocycles. The van der Waals surface area contributed by atoms with Gasteiger partial charge in [0.15, 0.2) is 0 Å². The molecule has 0 saturated heterocycles. The van der Waals surface area contributed by atoms with Gasteiger partial charge in [0.2, 0.25) is 0 Å². The number of hydrogen-bond acceptors (Lipinski definition) is 2. The summed E-state index contributed by atoms with van der Waals surface area (Å²) < 4.78 is 0. The van der Waals surface area contributed by atoms with Crippen LogP contribution in [0.15, 0.2) is 12.1 Å². The van der Waals surface area contributed by atoms with Gasteiger partial charge in [-0.25, -0.2) is 0 Å². The Morgan fingerprint density at radius 1 is 0.958 bits per heavy atom. The molecule has 1 aliphatic carbocycles. The van der Waals surface area contributed by atoms with Gasteiger partial charge in [-0.05, 0) is 68.1 Å². The first-order chi connectivity index (χ1) is 11.2. The average Bonchev–Trinajstić information content (AvgIpc) is 2.39. The van der Waals surface area contributed by atoms with E-state index in [4.69, 9.17) is 0 Å². The Kier molecular flexibility index (Phi) is 6.01. The zero-order chi connectivity index (χ0) is 18.0. The molecule has 1 aromatic rings. The Morgan fingerprint density at radius 3 is 1.92 bits per heavy atom. The lowest BCUT2D eigenvalue weighted by molar-refractivity contribution is -0.133. The highest BCUT2D eigenvalue weighted by molar-refractivity contribution is 6.10. The summed E-state index contributed by atoms with van der Waals surface area (Å²) in [5.74, 6) is 1.21. The lowest BCUT2D eigenvalue weighted by atomic mass is 9.72. The van der Waals surface area contributed by atoms with Crippen molar-refractivity contribution in [3.63, 3.8) is 0 Å². The molecule has 0 radical (unpaired) electrons. The number of ketones is 2. The van der Waals surface area contributed by atoms with Crippen LogP contribution in [-0.2, 0) is 9.59 Å². The van der Waals surface area contributed by atoms with Crippen LogP contribution in [0.25, 0.3) is 0 Å². The zero-order valence-electron chi connectivity index (χ0n) is 16.1. The fraction of sp³-hybridized carbons (Fsp3) is 0.636. The summed E-state index contributed by atoms with van der Waals surface area (Å²) in [7, 11) is 0. The molecule has 2 rings (SSSR count). The van der Waals surface area contributed by atoms with Gasteiger partial charge >= 0.3 is 0 Å². The summed E-state index contributed by atoms with van der Waals surface area (Å²) in [4.78, 5) is 25.6. The molecule has 1 saturated carbocycles. The molecule has 1 aliphatic rings.